The van der Waals surface area contributed by atoms with Gasteiger partial charge in [0.15, 0.2) is 5.82 Å². The van der Waals surface area contributed by atoms with Crippen molar-refractivity contribution in [2.45, 2.75) is 11.8 Å². The molecule has 8 heteroatoms. The molecular formula is C21H18N6OS. The van der Waals surface area contributed by atoms with Crippen molar-refractivity contribution in [1.82, 2.24) is 24.1 Å². The Bertz CT molecular complexity index is 1360. The summed E-state index contributed by atoms with van der Waals surface area (Å²) in [6, 6.07) is 13.7. The molecule has 0 aliphatic rings. The summed E-state index contributed by atoms with van der Waals surface area (Å²) in [6.45, 7) is 2.01. The number of fused-ring (bicyclic) bond motifs is 2. The number of nitrogens with zero attached hydrogens (tertiary/aromatic N) is 5. The van der Waals surface area contributed by atoms with Gasteiger partial charge in [-0.3, -0.25) is 0 Å². The number of imidazole rings is 1. The molecule has 144 valence electrons. The Morgan fingerprint density at radius 2 is 1.97 bits per heavy atom. The molecule has 0 aliphatic carbocycles. The van der Waals surface area contributed by atoms with Crippen molar-refractivity contribution in [1.29, 1.82) is 0 Å². The molecule has 0 spiro atoms. The Labute approximate surface area is 172 Å². The molecule has 0 aliphatic heterocycles. The standard InChI is InChI=1S/C21H18N6OS/c1-13-9-14(25-21-20-19(29)7-8-27(20)24-11-22-21)3-6-18(13)28-15-4-5-17-16(10-15)23-12-26(17)2/h3-12,29H,1-2H3,(H,22,24,25). The highest BCUT2D eigenvalue weighted by Crippen LogP contribution is 2.31. The molecular weight excluding hydrogens is 384 g/mol. The van der Waals surface area contributed by atoms with E-state index in [1.54, 1.807) is 10.8 Å². The quantitative estimate of drug-likeness (QED) is 0.425. The first kappa shape index (κ1) is 17.6. The maximum Gasteiger partial charge on any atom is 0.159 e. The summed E-state index contributed by atoms with van der Waals surface area (Å²) >= 11 is 4.49. The lowest BCUT2D eigenvalue weighted by atomic mass is 10.2. The van der Waals surface area contributed by atoms with E-state index in [9.17, 15) is 0 Å². The molecule has 0 amide bonds. The molecule has 1 N–H and O–H groups in total. The van der Waals surface area contributed by atoms with Gasteiger partial charge < -0.3 is 14.6 Å². The Morgan fingerprint density at radius 3 is 2.83 bits per heavy atom. The highest BCUT2D eigenvalue weighted by atomic mass is 32.1. The summed E-state index contributed by atoms with van der Waals surface area (Å²) in [5, 5.41) is 7.54. The number of hydrogen-bond donors (Lipinski definition) is 2. The van der Waals surface area contributed by atoms with Crippen molar-refractivity contribution in [3.63, 3.8) is 0 Å². The third-order valence-electron chi connectivity index (χ3n) is 4.79. The number of hydrogen-bond acceptors (Lipinski definition) is 6. The number of nitrogens with one attached hydrogen (secondary N) is 1. The fourth-order valence-electron chi connectivity index (χ4n) is 3.31. The molecule has 2 aromatic carbocycles. The Hall–Kier alpha value is -3.52. The lowest BCUT2D eigenvalue weighted by Crippen LogP contribution is -2.00. The highest BCUT2D eigenvalue weighted by molar-refractivity contribution is 7.80. The van der Waals surface area contributed by atoms with Crippen molar-refractivity contribution in [2.24, 2.45) is 7.05 Å². The van der Waals surface area contributed by atoms with E-state index >= 15 is 0 Å². The predicted molar refractivity (Wildman–Crippen MR) is 115 cm³/mol. The van der Waals surface area contributed by atoms with Crippen LogP contribution in [0.2, 0.25) is 0 Å². The minimum absolute atomic E-state index is 0.698. The van der Waals surface area contributed by atoms with Gasteiger partial charge in [0.05, 0.1) is 17.4 Å². The molecule has 0 unspecified atom stereocenters. The average molecular weight is 402 g/mol. The first-order valence-electron chi connectivity index (χ1n) is 9.06. The zero-order chi connectivity index (χ0) is 20.0. The van der Waals surface area contributed by atoms with Gasteiger partial charge in [0.25, 0.3) is 0 Å². The zero-order valence-electron chi connectivity index (χ0n) is 15.9. The van der Waals surface area contributed by atoms with E-state index in [1.165, 1.54) is 6.33 Å². The van der Waals surface area contributed by atoms with Crippen LogP contribution in [0, 0.1) is 6.92 Å². The fourth-order valence-corrected chi connectivity index (χ4v) is 3.59. The number of aryl methyl sites for hydroxylation is 2. The summed E-state index contributed by atoms with van der Waals surface area (Å²) < 4.78 is 9.82. The van der Waals surface area contributed by atoms with Gasteiger partial charge in [-0.1, -0.05) is 0 Å². The van der Waals surface area contributed by atoms with E-state index in [1.807, 2.05) is 67.2 Å². The lowest BCUT2D eigenvalue weighted by molar-refractivity contribution is 0.479. The van der Waals surface area contributed by atoms with Gasteiger partial charge in [0.1, 0.15) is 23.3 Å². The predicted octanol–water partition coefficient (Wildman–Crippen LogP) is 4.75. The third-order valence-corrected chi connectivity index (χ3v) is 5.16. The maximum atomic E-state index is 6.09. The van der Waals surface area contributed by atoms with E-state index in [-0.39, 0.29) is 0 Å². The lowest BCUT2D eigenvalue weighted by Gasteiger charge is -2.12. The number of rotatable bonds is 4. The number of anilines is 2. The Kier molecular flexibility index (Phi) is 4.13. The van der Waals surface area contributed by atoms with Crippen molar-refractivity contribution in [3.8, 4) is 11.5 Å². The maximum absolute atomic E-state index is 6.09. The van der Waals surface area contributed by atoms with Crippen LogP contribution in [0.3, 0.4) is 0 Å². The van der Waals surface area contributed by atoms with Gasteiger partial charge in [-0.15, -0.1) is 12.6 Å². The van der Waals surface area contributed by atoms with E-state index in [0.717, 1.165) is 44.2 Å². The van der Waals surface area contributed by atoms with Gasteiger partial charge in [-0.2, -0.15) is 5.10 Å². The molecule has 0 bridgehead atoms. The van der Waals surface area contributed by atoms with Crippen LogP contribution in [-0.2, 0) is 7.05 Å². The van der Waals surface area contributed by atoms with Crippen LogP contribution in [0.25, 0.3) is 16.6 Å². The Morgan fingerprint density at radius 1 is 1.07 bits per heavy atom. The normalized spacial score (nSPS) is 11.3. The molecule has 0 atom stereocenters. The van der Waals surface area contributed by atoms with Crippen LogP contribution in [-0.4, -0.2) is 24.1 Å². The summed E-state index contributed by atoms with van der Waals surface area (Å²) in [5.41, 5.74) is 4.71. The van der Waals surface area contributed by atoms with Gasteiger partial charge in [-0.25, -0.2) is 14.5 Å². The zero-order valence-corrected chi connectivity index (χ0v) is 16.8. The number of aromatic nitrogens is 5. The van der Waals surface area contributed by atoms with E-state index in [2.05, 4.69) is 33.0 Å². The van der Waals surface area contributed by atoms with Crippen LogP contribution in [0.15, 0.2) is 66.2 Å². The highest BCUT2D eigenvalue weighted by Gasteiger charge is 2.10. The second-order valence-electron chi connectivity index (χ2n) is 6.82. The van der Waals surface area contributed by atoms with Crippen molar-refractivity contribution in [2.75, 3.05) is 5.32 Å². The van der Waals surface area contributed by atoms with Gasteiger partial charge >= 0.3 is 0 Å². The molecule has 7 nitrogen and oxygen atoms in total. The molecule has 29 heavy (non-hydrogen) atoms. The van der Waals surface area contributed by atoms with E-state index in [0.29, 0.717) is 5.82 Å². The van der Waals surface area contributed by atoms with Crippen LogP contribution in [0.4, 0.5) is 11.5 Å². The van der Waals surface area contributed by atoms with Crippen LogP contribution in [0.1, 0.15) is 5.56 Å². The largest absolute Gasteiger partial charge is 0.457 e. The molecule has 3 heterocycles. The SMILES string of the molecule is Cc1cc(Nc2ncnn3ccc(S)c23)ccc1Oc1ccc2c(c1)ncn2C. The van der Waals surface area contributed by atoms with Gasteiger partial charge in [-0.05, 0) is 48.9 Å². The van der Waals surface area contributed by atoms with Gasteiger partial charge in [0, 0.05) is 29.9 Å². The minimum atomic E-state index is 0.698. The number of ether oxygens (including phenoxy) is 1. The third kappa shape index (κ3) is 3.17. The van der Waals surface area contributed by atoms with Crippen molar-refractivity contribution in [3.05, 3.63) is 66.9 Å². The van der Waals surface area contributed by atoms with Crippen LogP contribution >= 0.6 is 12.6 Å². The Balaban J connectivity index is 1.41. The smallest absolute Gasteiger partial charge is 0.159 e. The summed E-state index contributed by atoms with van der Waals surface area (Å²) in [4.78, 5) is 9.55. The molecule has 5 aromatic rings. The van der Waals surface area contributed by atoms with Crippen molar-refractivity contribution >= 4 is 40.7 Å². The van der Waals surface area contributed by atoms with E-state index < -0.39 is 0 Å². The fraction of sp³-hybridized carbons (Fsp3) is 0.0952. The molecule has 0 saturated carbocycles. The second-order valence-corrected chi connectivity index (χ2v) is 7.30. The van der Waals surface area contributed by atoms with Crippen molar-refractivity contribution < 1.29 is 4.74 Å². The molecule has 0 fully saturated rings. The van der Waals surface area contributed by atoms with Crippen LogP contribution < -0.4 is 10.1 Å². The minimum Gasteiger partial charge on any atom is -0.457 e. The summed E-state index contributed by atoms with van der Waals surface area (Å²) in [5.74, 6) is 2.24. The average Bonchev–Trinajstić information content (AvgIpc) is 3.28. The molecule has 0 saturated heterocycles. The molecule has 5 rings (SSSR count). The van der Waals surface area contributed by atoms with E-state index in [4.69, 9.17) is 4.74 Å². The summed E-state index contributed by atoms with van der Waals surface area (Å²) in [6.07, 6.45) is 5.16. The first-order valence-corrected chi connectivity index (χ1v) is 9.51. The van der Waals surface area contributed by atoms with Gasteiger partial charge in [0.2, 0.25) is 0 Å². The summed E-state index contributed by atoms with van der Waals surface area (Å²) in [7, 11) is 1.97. The topological polar surface area (TPSA) is 69.3 Å². The molecule has 3 aromatic heterocycles. The number of thiol groups is 1. The molecule has 0 radical (unpaired) electrons. The second kappa shape index (κ2) is 6.82. The van der Waals surface area contributed by atoms with Crippen LogP contribution in [0.5, 0.6) is 11.5 Å². The number of benzene rings is 2. The first-order chi connectivity index (χ1) is 14.1. The monoisotopic (exact) mass is 402 g/mol.